The van der Waals surface area contributed by atoms with E-state index in [0.29, 0.717) is 0 Å². The van der Waals surface area contributed by atoms with Crippen molar-refractivity contribution >= 4 is 17.3 Å². The van der Waals surface area contributed by atoms with Crippen molar-refractivity contribution in [3.8, 4) is 0 Å². The van der Waals surface area contributed by atoms with Gasteiger partial charge in [0.25, 0.3) is 0 Å². The predicted molar refractivity (Wildman–Crippen MR) is 87.4 cm³/mol. The molecule has 0 fully saturated rings. The minimum Gasteiger partial charge on any atom is -0.375 e. The van der Waals surface area contributed by atoms with Gasteiger partial charge in [0.2, 0.25) is 0 Å². The van der Waals surface area contributed by atoms with E-state index in [4.69, 9.17) is 17.3 Å². The van der Waals surface area contributed by atoms with Crippen molar-refractivity contribution in [2.45, 2.75) is 19.4 Å². The average Bonchev–Trinajstić information content (AvgIpc) is 2.44. The second-order valence-electron chi connectivity index (χ2n) is 5.21. The van der Waals surface area contributed by atoms with Crippen molar-refractivity contribution in [3.63, 3.8) is 0 Å². The van der Waals surface area contributed by atoms with E-state index in [1.165, 1.54) is 11.3 Å². The molecule has 0 saturated carbocycles. The predicted octanol–water partition coefficient (Wildman–Crippen LogP) is 4.17. The molecule has 0 aliphatic heterocycles. The molecule has 20 heavy (non-hydrogen) atoms. The highest BCUT2D eigenvalue weighted by Gasteiger charge is 2.08. The highest BCUT2D eigenvalue weighted by atomic mass is 35.5. The lowest BCUT2D eigenvalue weighted by atomic mass is 10.0. The summed E-state index contributed by atoms with van der Waals surface area (Å²) in [5.41, 5.74) is 9.82. The lowest BCUT2D eigenvalue weighted by Crippen LogP contribution is -2.23. The van der Waals surface area contributed by atoms with E-state index in [0.717, 1.165) is 23.6 Å². The van der Waals surface area contributed by atoms with Gasteiger partial charge in [0, 0.05) is 30.3 Å². The molecule has 3 heteroatoms. The molecule has 106 valence electrons. The number of hydrogen-bond donors (Lipinski definition) is 1. The third-order valence-electron chi connectivity index (χ3n) is 3.49. The van der Waals surface area contributed by atoms with E-state index >= 15 is 0 Å². The summed E-state index contributed by atoms with van der Waals surface area (Å²) in [7, 11) is 2.10. The van der Waals surface area contributed by atoms with Gasteiger partial charge in [-0.2, -0.15) is 0 Å². The lowest BCUT2D eigenvalue weighted by Gasteiger charge is -2.22. The smallest absolute Gasteiger partial charge is 0.0409 e. The van der Waals surface area contributed by atoms with Crippen LogP contribution in [0.4, 0.5) is 5.69 Å². The maximum Gasteiger partial charge on any atom is 0.0409 e. The minimum absolute atomic E-state index is 0.0148. The van der Waals surface area contributed by atoms with Crippen LogP contribution in [0.1, 0.15) is 23.6 Å². The van der Waals surface area contributed by atoms with Gasteiger partial charge in [-0.3, -0.25) is 0 Å². The number of aryl methyl sites for hydroxylation is 1. The van der Waals surface area contributed by atoms with E-state index in [9.17, 15) is 0 Å². The average molecular weight is 289 g/mol. The monoisotopic (exact) mass is 288 g/mol. The molecular formula is C17H21ClN2. The maximum atomic E-state index is 6.23. The summed E-state index contributed by atoms with van der Waals surface area (Å²) in [6.07, 6.45) is 0.894. The molecule has 0 saturated heterocycles. The Bertz CT molecular complexity index is 517. The summed E-state index contributed by atoms with van der Waals surface area (Å²) in [6, 6.07) is 16.3. The standard InChI is InChI=1S/C17H21ClN2/c1-13-5-3-8-16(11-13)20(2)10-9-17(19)14-6-4-7-15(18)12-14/h3-8,11-12,17H,9-10,19H2,1-2H3. The van der Waals surface area contributed by atoms with E-state index in [1.54, 1.807) is 0 Å². The van der Waals surface area contributed by atoms with E-state index in [-0.39, 0.29) is 6.04 Å². The Morgan fingerprint density at radius 3 is 2.60 bits per heavy atom. The molecule has 2 aromatic carbocycles. The number of nitrogens with two attached hydrogens (primary N) is 1. The first-order chi connectivity index (χ1) is 9.56. The van der Waals surface area contributed by atoms with Crippen LogP contribution in [0.5, 0.6) is 0 Å². The quantitative estimate of drug-likeness (QED) is 0.894. The van der Waals surface area contributed by atoms with Gasteiger partial charge in [0.05, 0.1) is 0 Å². The van der Waals surface area contributed by atoms with Crippen molar-refractivity contribution in [3.05, 3.63) is 64.7 Å². The van der Waals surface area contributed by atoms with Gasteiger partial charge in [-0.15, -0.1) is 0 Å². The van der Waals surface area contributed by atoms with Crippen molar-refractivity contribution < 1.29 is 0 Å². The first kappa shape index (κ1) is 14.9. The molecule has 0 aromatic heterocycles. The van der Waals surface area contributed by atoms with Crippen LogP contribution in [0.2, 0.25) is 5.02 Å². The van der Waals surface area contributed by atoms with Crippen LogP contribution in [-0.4, -0.2) is 13.6 Å². The Hall–Kier alpha value is -1.51. The summed E-state index contributed by atoms with van der Waals surface area (Å²) in [4.78, 5) is 2.23. The lowest BCUT2D eigenvalue weighted by molar-refractivity contribution is 0.645. The van der Waals surface area contributed by atoms with Crippen molar-refractivity contribution in [1.29, 1.82) is 0 Å². The normalized spacial score (nSPS) is 12.2. The molecule has 2 rings (SSSR count). The Balaban J connectivity index is 1.94. The highest BCUT2D eigenvalue weighted by Crippen LogP contribution is 2.20. The highest BCUT2D eigenvalue weighted by molar-refractivity contribution is 6.30. The molecule has 2 N–H and O–H groups in total. The SMILES string of the molecule is Cc1cccc(N(C)CCC(N)c2cccc(Cl)c2)c1. The van der Waals surface area contributed by atoms with Gasteiger partial charge in [0.1, 0.15) is 0 Å². The third kappa shape index (κ3) is 3.99. The molecule has 0 bridgehead atoms. The number of nitrogens with zero attached hydrogens (tertiary/aromatic N) is 1. The molecule has 0 aliphatic rings. The van der Waals surface area contributed by atoms with Crippen LogP contribution in [0, 0.1) is 6.92 Å². The molecule has 0 amide bonds. The first-order valence-corrected chi connectivity index (χ1v) is 7.23. The summed E-state index contributed by atoms with van der Waals surface area (Å²) in [5.74, 6) is 0. The van der Waals surface area contributed by atoms with Crippen LogP contribution in [0.25, 0.3) is 0 Å². The Kier molecular flexibility index (Phi) is 5.05. The first-order valence-electron chi connectivity index (χ1n) is 6.85. The fraction of sp³-hybridized carbons (Fsp3) is 0.294. The minimum atomic E-state index is 0.0148. The Labute approximate surface area is 126 Å². The van der Waals surface area contributed by atoms with Crippen molar-refractivity contribution in [1.82, 2.24) is 0 Å². The molecule has 0 spiro atoms. The zero-order chi connectivity index (χ0) is 14.5. The van der Waals surface area contributed by atoms with Gasteiger partial charge < -0.3 is 10.6 Å². The second kappa shape index (κ2) is 6.78. The molecule has 2 nitrogen and oxygen atoms in total. The molecule has 1 atom stereocenters. The molecule has 0 radical (unpaired) electrons. The zero-order valence-corrected chi connectivity index (χ0v) is 12.8. The maximum absolute atomic E-state index is 6.23. The fourth-order valence-electron chi connectivity index (χ4n) is 2.23. The largest absolute Gasteiger partial charge is 0.375 e. The van der Waals surface area contributed by atoms with Crippen LogP contribution < -0.4 is 10.6 Å². The Morgan fingerprint density at radius 1 is 1.15 bits per heavy atom. The summed E-state index contributed by atoms with van der Waals surface area (Å²) < 4.78 is 0. The molecule has 2 aromatic rings. The number of halogens is 1. The zero-order valence-electron chi connectivity index (χ0n) is 12.0. The summed E-state index contributed by atoms with van der Waals surface area (Å²) in [5, 5.41) is 0.741. The number of rotatable bonds is 5. The van der Waals surface area contributed by atoms with Gasteiger partial charge >= 0.3 is 0 Å². The number of benzene rings is 2. The van der Waals surface area contributed by atoms with Gasteiger partial charge in [-0.1, -0.05) is 35.9 Å². The van der Waals surface area contributed by atoms with E-state index in [1.807, 2.05) is 24.3 Å². The fourth-order valence-corrected chi connectivity index (χ4v) is 2.43. The summed E-state index contributed by atoms with van der Waals surface area (Å²) >= 11 is 6.00. The third-order valence-corrected chi connectivity index (χ3v) is 3.73. The van der Waals surface area contributed by atoms with Crippen molar-refractivity contribution in [2.75, 3.05) is 18.5 Å². The van der Waals surface area contributed by atoms with Crippen LogP contribution >= 0.6 is 11.6 Å². The molecule has 1 unspecified atom stereocenters. The molecule has 0 heterocycles. The topological polar surface area (TPSA) is 29.3 Å². The van der Waals surface area contributed by atoms with Gasteiger partial charge in [0.15, 0.2) is 0 Å². The molecule has 0 aliphatic carbocycles. The van der Waals surface area contributed by atoms with Crippen LogP contribution in [0.15, 0.2) is 48.5 Å². The van der Waals surface area contributed by atoms with E-state index in [2.05, 4.69) is 43.1 Å². The van der Waals surface area contributed by atoms with Gasteiger partial charge in [-0.05, 0) is 48.7 Å². The summed E-state index contributed by atoms with van der Waals surface area (Å²) in [6.45, 7) is 3.02. The second-order valence-corrected chi connectivity index (χ2v) is 5.65. The number of hydrogen-bond acceptors (Lipinski definition) is 2. The number of anilines is 1. The van der Waals surface area contributed by atoms with Gasteiger partial charge in [-0.25, -0.2) is 0 Å². The molecular weight excluding hydrogens is 268 g/mol. The Morgan fingerprint density at radius 2 is 1.90 bits per heavy atom. The van der Waals surface area contributed by atoms with Crippen LogP contribution in [-0.2, 0) is 0 Å². The van der Waals surface area contributed by atoms with Crippen LogP contribution in [0.3, 0.4) is 0 Å². The van der Waals surface area contributed by atoms with Crippen molar-refractivity contribution in [2.24, 2.45) is 5.73 Å². The van der Waals surface area contributed by atoms with E-state index < -0.39 is 0 Å².